The van der Waals surface area contributed by atoms with Gasteiger partial charge in [-0.05, 0) is 19.1 Å². The Morgan fingerprint density at radius 3 is 2.54 bits per heavy atom. The first-order chi connectivity index (χ1) is 12.5. The van der Waals surface area contributed by atoms with Gasteiger partial charge in [-0.15, -0.1) is 0 Å². The van der Waals surface area contributed by atoms with Crippen LogP contribution in [0.15, 0.2) is 36.4 Å². The molecule has 0 aliphatic carbocycles. The average Bonchev–Trinajstić information content (AvgIpc) is 3.03. The van der Waals surface area contributed by atoms with Gasteiger partial charge in [-0.3, -0.25) is 10.1 Å². The molecule has 0 aliphatic heterocycles. The van der Waals surface area contributed by atoms with Crippen molar-refractivity contribution in [2.75, 3.05) is 19.5 Å². The van der Waals surface area contributed by atoms with Crippen molar-refractivity contribution in [2.24, 2.45) is 0 Å². The number of amides is 1. The van der Waals surface area contributed by atoms with Gasteiger partial charge in [-0.25, -0.2) is 9.37 Å². The summed E-state index contributed by atoms with van der Waals surface area (Å²) in [6, 6.07) is 9.46. The van der Waals surface area contributed by atoms with Crippen LogP contribution in [0.5, 0.6) is 17.2 Å². The fourth-order valence-corrected chi connectivity index (χ4v) is 3.18. The Hall–Kier alpha value is -2.87. The number of nitrogens with zero attached hydrogens (tertiary/aromatic N) is 1. The topological polar surface area (TPSA) is 69.7 Å². The molecule has 3 aromatic rings. The van der Waals surface area contributed by atoms with E-state index in [1.165, 1.54) is 23.5 Å². The zero-order valence-electron chi connectivity index (χ0n) is 14.4. The first-order valence-corrected chi connectivity index (χ1v) is 8.58. The van der Waals surface area contributed by atoms with Crippen LogP contribution in [0.1, 0.15) is 6.92 Å². The number of fused-ring (bicyclic) bond motifs is 1. The minimum absolute atomic E-state index is 0.0222. The molecule has 2 aromatic carbocycles. The Bertz CT molecular complexity index is 903. The van der Waals surface area contributed by atoms with Crippen molar-refractivity contribution in [3.05, 3.63) is 42.2 Å². The minimum atomic E-state index is -0.886. The summed E-state index contributed by atoms with van der Waals surface area (Å²) < 4.78 is 30.4. The molecule has 0 radical (unpaired) electrons. The molecule has 26 heavy (non-hydrogen) atoms. The van der Waals surface area contributed by atoms with E-state index >= 15 is 0 Å². The van der Waals surface area contributed by atoms with Crippen LogP contribution in [0.25, 0.3) is 10.2 Å². The summed E-state index contributed by atoms with van der Waals surface area (Å²) in [6.45, 7) is 1.54. The van der Waals surface area contributed by atoms with Crippen molar-refractivity contribution in [3.63, 3.8) is 0 Å². The second-order valence-corrected chi connectivity index (χ2v) is 6.40. The summed E-state index contributed by atoms with van der Waals surface area (Å²) >= 11 is 1.29. The van der Waals surface area contributed by atoms with Gasteiger partial charge >= 0.3 is 0 Å². The summed E-state index contributed by atoms with van der Waals surface area (Å²) in [7, 11) is 3.09. The molecule has 0 bridgehead atoms. The highest BCUT2D eigenvalue weighted by Crippen LogP contribution is 2.36. The molecule has 1 aromatic heterocycles. The molecule has 1 unspecified atom stereocenters. The quantitative estimate of drug-likeness (QED) is 0.707. The highest BCUT2D eigenvalue weighted by Gasteiger charge is 2.19. The standard InChI is InChI=1S/C18H17FN2O4S/c1-10(25-13-7-5-4-6-11(13)19)17(22)21-18-20-12-8-14(23-2)15(24-3)9-16(12)26-18/h4-10H,1-3H3,(H,20,21,22). The van der Waals surface area contributed by atoms with E-state index in [0.29, 0.717) is 22.1 Å². The monoisotopic (exact) mass is 376 g/mol. The van der Waals surface area contributed by atoms with Crippen molar-refractivity contribution in [3.8, 4) is 17.2 Å². The number of rotatable bonds is 6. The predicted octanol–water partition coefficient (Wildman–Crippen LogP) is 3.86. The molecular formula is C18H17FN2O4S. The largest absolute Gasteiger partial charge is 0.493 e. The van der Waals surface area contributed by atoms with Crippen molar-refractivity contribution in [2.45, 2.75) is 13.0 Å². The molecule has 0 saturated carbocycles. The molecule has 0 fully saturated rings. The number of para-hydroxylation sites is 1. The van der Waals surface area contributed by atoms with E-state index in [-0.39, 0.29) is 5.75 Å². The molecule has 136 valence electrons. The lowest BCUT2D eigenvalue weighted by atomic mass is 10.3. The van der Waals surface area contributed by atoms with Crippen LogP contribution in [-0.4, -0.2) is 31.2 Å². The number of anilines is 1. The summed E-state index contributed by atoms with van der Waals surface area (Å²) in [5.41, 5.74) is 0.672. The van der Waals surface area contributed by atoms with E-state index in [4.69, 9.17) is 14.2 Å². The second-order valence-electron chi connectivity index (χ2n) is 5.37. The number of aromatic nitrogens is 1. The third-order valence-electron chi connectivity index (χ3n) is 3.63. The van der Waals surface area contributed by atoms with E-state index in [0.717, 1.165) is 4.70 Å². The molecule has 1 amide bonds. The fourth-order valence-electron chi connectivity index (χ4n) is 2.30. The number of nitrogens with one attached hydrogen (secondary N) is 1. The minimum Gasteiger partial charge on any atom is -0.493 e. The Morgan fingerprint density at radius 1 is 1.15 bits per heavy atom. The lowest BCUT2D eigenvalue weighted by Crippen LogP contribution is -2.30. The molecule has 6 nitrogen and oxygen atoms in total. The average molecular weight is 376 g/mol. The van der Waals surface area contributed by atoms with Gasteiger partial charge in [0.1, 0.15) is 0 Å². The second kappa shape index (κ2) is 7.57. The smallest absolute Gasteiger partial charge is 0.266 e. The molecule has 3 rings (SSSR count). The Kier molecular flexibility index (Phi) is 5.22. The van der Waals surface area contributed by atoms with Crippen molar-refractivity contribution in [1.82, 2.24) is 4.98 Å². The van der Waals surface area contributed by atoms with Gasteiger partial charge in [0, 0.05) is 12.1 Å². The lowest BCUT2D eigenvalue weighted by molar-refractivity contribution is -0.122. The van der Waals surface area contributed by atoms with E-state index < -0.39 is 17.8 Å². The normalized spacial score (nSPS) is 11.8. The SMILES string of the molecule is COc1cc2nc(NC(=O)C(C)Oc3ccccc3F)sc2cc1OC. The summed E-state index contributed by atoms with van der Waals surface area (Å²) in [4.78, 5) is 16.7. The molecule has 1 heterocycles. The van der Waals surface area contributed by atoms with Crippen LogP contribution in [-0.2, 0) is 4.79 Å². The van der Waals surface area contributed by atoms with Crippen molar-refractivity contribution >= 4 is 32.6 Å². The zero-order chi connectivity index (χ0) is 18.7. The van der Waals surface area contributed by atoms with Crippen molar-refractivity contribution < 1.29 is 23.4 Å². The number of carbonyl (C=O) groups is 1. The fraction of sp³-hybridized carbons (Fsp3) is 0.222. The molecule has 1 atom stereocenters. The summed E-state index contributed by atoms with van der Waals surface area (Å²) in [5.74, 6) is 0.212. The molecule has 8 heteroatoms. The highest BCUT2D eigenvalue weighted by molar-refractivity contribution is 7.22. The van der Waals surface area contributed by atoms with Crippen LogP contribution in [0.4, 0.5) is 9.52 Å². The number of hydrogen-bond donors (Lipinski definition) is 1. The van der Waals surface area contributed by atoms with Crippen LogP contribution in [0, 0.1) is 5.82 Å². The number of halogens is 1. The number of thiazole rings is 1. The molecule has 0 aliphatic rings. The third kappa shape index (κ3) is 3.70. The molecule has 0 spiro atoms. The van der Waals surface area contributed by atoms with Crippen LogP contribution in [0.2, 0.25) is 0 Å². The zero-order valence-corrected chi connectivity index (χ0v) is 15.2. The Morgan fingerprint density at radius 2 is 1.85 bits per heavy atom. The number of benzene rings is 2. The maximum atomic E-state index is 13.6. The van der Waals surface area contributed by atoms with Crippen LogP contribution in [0.3, 0.4) is 0 Å². The Labute approximate surface area is 153 Å². The van der Waals surface area contributed by atoms with E-state index in [2.05, 4.69) is 10.3 Å². The number of ether oxygens (including phenoxy) is 3. The number of carbonyl (C=O) groups excluding carboxylic acids is 1. The van der Waals surface area contributed by atoms with Gasteiger partial charge < -0.3 is 14.2 Å². The highest BCUT2D eigenvalue weighted by atomic mass is 32.1. The van der Waals surface area contributed by atoms with Gasteiger partial charge in [0.05, 0.1) is 24.4 Å². The van der Waals surface area contributed by atoms with E-state index in [9.17, 15) is 9.18 Å². The van der Waals surface area contributed by atoms with Gasteiger partial charge in [-0.1, -0.05) is 23.5 Å². The maximum Gasteiger partial charge on any atom is 0.266 e. The van der Waals surface area contributed by atoms with E-state index in [1.54, 1.807) is 45.4 Å². The molecular weight excluding hydrogens is 359 g/mol. The van der Waals surface area contributed by atoms with Crippen molar-refractivity contribution in [1.29, 1.82) is 0 Å². The third-order valence-corrected chi connectivity index (χ3v) is 4.57. The van der Waals surface area contributed by atoms with Crippen LogP contribution < -0.4 is 19.5 Å². The van der Waals surface area contributed by atoms with Gasteiger partial charge in [0.15, 0.2) is 34.3 Å². The molecule has 1 N–H and O–H groups in total. The van der Waals surface area contributed by atoms with Gasteiger partial charge in [0.2, 0.25) is 0 Å². The van der Waals surface area contributed by atoms with Gasteiger partial charge in [0.25, 0.3) is 5.91 Å². The number of methoxy groups -OCH3 is 2. The summed E-state index contributed by atoms with van der Waals surface area (Å²) in [5, 5.41) is 3.09. The van der Waals surface area contributed by atoms with Gasteiger partial charge in [-0.2, -0.15) is 0 Å². The van der Waals surface area contributed by atoms with Crippen LogP contribution >= 0.6 is 11.3 Å². The first kappa shape index (κ1) is 17.9. The Balaban J connectivity index is 1.75. The lowest BCUT2D eigenvalue weighted by Gasteiger charge is -2.13. The predicted molar refractivity (Wildman–Crippen MR) is 97.8 cm³/mol. The first-order valence-electron chi connectivity index (χ1n) is 7.76. The summed E-state index contributed by atoms with van der Waals surface area (Å²) in [6.07, 6.45) is -0.886. The number of hydrogen-bond acceptors (Lipinski definition) is 6. The maximum absolute atomic E-state index is 13.6. The molecule has 0 saturated heterocycles. The van der Waals surface area contributed by atoms with E-state index in [1.807, 2.05) is 0 Å².